The van der Waals surface area contributed by atoms with Crippen LogP contribution in [0.15, 0.2) is 11.1 Å². The second-order valence-corrected chi connectivity index (χ2v) is 3.69. The van der Waals surface area contributed by atoms with E-state index in [1.807, 2.05) is 0 Å². The quantitative estimate of drug-likeness (QED) is 0.523. The zero-order chi connectivity index (χ0) is 8.10. The fourth-order valence-corrected chi connectivity index (χ4v) is 1.96. The Hall–Kier alpha value is -0.260. The maximum Gasteiger partial charge on any atom is -0.0318 e. The summed E-state index contributed by atoms with van der Waals surface area (Å²) >= 11 is 0. The Bertz CT molecular complexity index is 134. The lowest BCUT2D eigenvalue weighted by atomic mass is 9.90. The van der Waals surface area contributed by atoms with Crippen molar-refractivity contribution in [1.29, 1.82) is 0 Å². The molecule has 0 heterocycles. The van der Waals surface area contributed by atoms with E-state index in [1.165, 1.54) is 44.9 Å². The molecule has 0 spiro atoms. The van der Waals surface area contributed by atoms with Crippen molar-refractivity contribution in [2.24, 2.45) is 0 Å². The largest absolute Gasteiger partial charge is 0.0741 e. The zero-order valence-corrected chi connectivity index (χ0v) is 7.95. The molecule has 64 valence electrons. The van der Waals surface area contributed by atoms with Gasteiger partial charge < -0.3 is 0 Å². The van der Waals surface area contributed by atoms with Crippen molar-refractivity contribution < 1.29 is 0 Å². The molecule has 0 bridgehead atoms. The molecule has 0 unspecified atom stereocenters. The minimum absolute atomic E-state index is 1.31. The summed E-state index contributed by atoms with van der Waals surface area (Å²) in [5.74, 6) is 0. The van der Waals surface area contributed by atoms with Crippen molar-refractivity contribution in [3.8, 4) is 0 Å². The van der Waals surface area contributed by atoms with Crippen molar-refractivity contribution in [2.45, 2.75) is 58.8 Å². The van der Waals surface area contributed by atoms with E-state index in [2.05, 4.69) is 13.8 Å². The highest BCUT2D eigenvalue weighted by atomic mass is 14.1. The van der Waals surface area contributed by atoms with Gasteiger partial charge in [0.2, 0.25) is 0 Å². The van der Waals surface area contributed by atoms with Crippen LogP contribution in [0.1, 0.15) is 58.8 Å². The molecule has 1 aliphatic carbocycles. The van der Waals surface area contributed by atoms with Gasteiger partial charge in [-0.2, -0.15) is 0 Å². The van der Waals surface area contributed by atoms with Gasteiger partial charge in [0, 0.05) is 0 Å². The molecular formula is C11H20. The highest BCUT2D eigenvalue weighted by Crippen LogP contribution is 2.27. The van der Waals surface area contributed by atoms with Crippen LogP contribution < -0.4 is 0 Å². The Labute approximate surface area is 70.7 Å². The topological polar surface area (TPSA) is 0 Å². The second-order valence-electron chi connectivity index (χ2n) is 3.69. The van der Waals surface area contributed by atoms with Gasteiger partial charge in [-0.25, -0.2) is 0 Å². The van der Waals surface area contributed by atoms with Gasteiger partial charge in [0.25, 0.3) is 0 Å². The molecule has 0 radical (unpaired) electrons. The molecule has 1 rings (SSSR count). The second kappa shape index (κ2) is 4.58. The smallest absolute Gasteiger partial charge is 0.0318 e. The Morgan fingerprint density at radius 2 is 1.82 bits per heavy atom. The molecular weight excluding hydrogens is 132 g/mol. The van der Waals surface area contributed by atoms with E-state index in [-0.39, 0.29) is 0 Å². The minimum atomic E-state index is 1.31. The highest BCUT2D eigenvalue weighted by molar-refractivity contribution is 5.13. The van der Waals surface area contributed by atoms with Crippen LogP contribution in [0.3, 0.4) is 0 Å². The van der Waals surface area contributed by atoms with E-state index in [1.54, 1.807) is 11.1 Å². The molecule has 0 aromatic heterocycles. The molecule has 1 aliphatic rings. The van der Waals surface area contributed by atoms with E-state index in [9.17, 15) is 0 Å². The van der Waals surface area contributed by atoms with Crippen LogP contribution in [-0.4, -0.2) is 0 Å². The summed E-state index contributed by atoms with van der Waals surface area (Å²) < 4.78 is 0. The Morgan fingerprint density at radius 1 is 1.18 bits per heavy atom. The van der Waals surface area contributed by atoms with Gasteiger partial charge in [0.05, 0.1) is 0 Å². The molecule has 0 amide bonds. The summed E-state index contributed by atoms with van der Waals surface area (Å²) in [6.07, 6.45) is 9.78. The predicted molar refractivity (Wildman–Crippen MR) is 50.7 cm³/mol. The number of hydrogen-bond donors (Lipinski definition) is 0. The first kappa shape index (κ1) is 8.83. The lowest BCUT2D eigenvalue weighted by molar-refractivity contribution is 0.589. The third kappa shape index (κ3) is 2.69. The third-order valence-electron chi connectivity index (χ3n) is 2.69. The summed E-state index contributed by atoms with van der Waals surface area (Å²) in [4.78, 5) is 0. The zero-order valence-electron chi connectivity index (χ0n) is 7.95. The SMILES string of the molecule is CCCC(C)=C1CCCCC1. The van der Waals surface area contributed by atoms with Crippen molar-refractivity contribution in [3.05, 3.63) is 11.1 Å². The molecule has 0 aliphatic heterocycles. The van der Waals surface area contributed by atoms with E-state index < -0.39 is 0 Å². The van der Waals surface area contributed by atoms with Crippen LogP contribution in [-0.2, 0) is 0 Å². The molecule has 0 heteroatoms. The van der Waals surface area contributed by atoms with Gasteiger partial charge in [-0.3, -0.25) is 0 Å². The lowest BCUT2D eigenvalue weighted by Crippen LogP contribution is -1.96. The van der Waals surface area contributed by atoms with E-state index in [0.717, 1.165) is 0 Å². The van der Waals surface area contributed by atoms with E-state index >= 15 is 0 Å². The van der Waals surface area contributed by atoms with Crippen molar-refractivity contribution in [1.82, 2.24) is 0 Å². The maximum atomic E-state index is 2.32. The van der Waals surface area contributed by atoms with Gasteiger partial charge in [-0.05, 0) is 39.0 Å². The Balaban J connectivity index is 2.46. The Kier molecular flexibility index (Phi) is 3.68. The summed E-state index contributed by atoms with van der Waals surface area (Å²) in [6.45, 7) is 4.59. The molecule has 0 nitrogen and oxygen atoms in total. The fourth-order valence-electron chi connectivity index (χ4n) is 1.96. The first-order valence-electron chi connectivity index (χ1n) is 5.02. The van der Waals surface area contributed by atoms with Crippen molar-refractivity contribution in [3.63, 3.8) is 0 Å². The first-order valence-corrected chi connectivity index (χ1v) is 5.02. The number of hydrogen-bond acceptors (Lipinski definition) is 0. The van der Waals surface area contributed by atoms with Crippen LogP contribution in [0.4, 0.5) is 0 Å². The number of allylic oxidation sites excluding steroid dienone is 2. The number of rotatable bonds is 2. The van der Waals surface area contributed by atoms with E-state index in [4.69, 9.17) is 0 Å². The van der Waals surface area contributed by atoms with E-state index in [0.29, 0.717) is 0 Å². The standard InChI is InChI=1S/C11H20/c1-3-7-10(2)11-8-5-4-6-9-11/h3-9H2,1-2H3. The summed E-state index contributed by atoms with van der Waals surface area (Å²) in [7, 11) is 0. The van der Waals surface area contributed by atoms with Gasteiger partial charge in [0.1, 0.15) is 0 Å². The predicted octanol–water partition coefficient (Wildman–Crippen LogP) is 4.07. The average Bonchev–Trinajstić information content (AvgIpc) is 2.07. The van der Waals surface area contributed by atoms with Gasteiger partial charge in [-0.15, -0.1) is 0 Å². The minimum Gasteiger partial charge on any atom is -0.0741 e. The van der Waals surface area contributed by atoms with Gasteiger partial charge >= 0.3 is 0 Å². The normalized spacial score (nSPS) is 18.5. The van der Waals surface area contributed by atoms with Crippen molar-refractivity contribution in [2.75, 3.05) is 0 Å². The summed E-state index contributed by atoms with van der Waals surface area (Å²) in [5.41, 5.74) is 3.46. The molecule has 0 N–H and O–H groups in total. The lowest BCUT2D eigenvalue weighted by Gasteiger charge is -2.16. The molecule has 11 heavy (non-hydrogen) atoms. The highest BCUT2D eigenvalue weighted by Gasteiger charge is 2.07. The molecule has 0 aromatic carbocycles. The molecule has 0 saturated heterocycles. The molecule has 0 atom stereocenters. The first-order chi connectivity index (χ1) is 5.34. The van der Waals surface area contributed by atoms with Crippen LogP contribution in [0, 0.1) is 0 Å². The summed E-state index contributed by atoms with van der Waals surface area (Å²) in [6, 6.07) is 0. The third-order valence-corrected chi connectivity index (χ3v) is 2.69. The molecule has 1 fully saturated rings. The van der Waals surface area contributed by atoms with Crippen molar-refractivity contribution >= 4 is 0 Å². The van der Waals surface area contributed by atoms with Crippen LogP contribution in [0.2, 0.25) is 0 Å². The van der Waals surface area contributed by atoms with Crippen LogP contribution in [0.5, 0.6) is 0 Å². The average molecular weight is 152 g/mol. The van der Waals surface area contributed by atoms with Gasteiger partial charge in [-0.1, -0.05) is 30.9 Å². The fraction of sp³-hybridized carbons (Fsp3) is 0.818. The van der Waals surface area contributed by atoms with Crippen LogP contribution >= 0.6 is 0 Å². The van der Waals surface area contributed by atoms with Crippen LogP contribution in [0.25, 0.3) is 0 Å². The summed E-state index contributed by atoms with van der Waals surface area (Å²) in [5, 5.41) is 0. The Morgan fingerprint density at radius 3 is 2.36 bits per heavy atom. The maximum absolute atomic E-state index is 2.32. The monoisotopic (exact) mass is 152 g/mol. The molecule has 0 aromatic rings. The molecule has 1 saturated carbocycles. The van der Waals surface area contributed by atoms with Gasteiger partial charge in [0.15, 0.2) is 0 Å².